The lowest BCUT2D eigenvalue weighted by Gasteiger charge is -2.28. The predicted octanol–water partition coefficient (Wildman–Crippen LogP) is 16.3. The van der Waals surface area contributed by atoms with E-state index in [1.54, 1.807) is 0 Å². The van der Waals surface area contributed by atoms with Gasteiger partial charge in [0, 0.05) is 59.1 Å². The molecule has 0 fully saturated rings. The van der Waals surface area contributed by atoms with Crippen molar-refractivity contribution >= 4 is 70.4 Å². The van der Waals surface area contributed by atoms with Gasteiger partial charge in [0.2, 0.25) is 0 Å². The zero-order valence-corrected chi connectivity index (χ0v) is 34.2. The van der Waals surface area contributed by atoms with Crippen molar-refractivity contribution in [3.8, 4) is 39.1 Å². The van der Waals surface area contributed by atoms with Gasteiger partial charge >= 0.3 is 0 Å². The first-order valence-corrected chi connectivity index (χ1v) is 21.6. The summed E-state index contributed by atoms with van der Waals surface area (Å²) in [5, 5.41) is 5.10. The van der Waals surface area contributed by atoms with Crippen molar-refractivity contribution < 1.29 is 0 Å². The number of anilines is 3. The Bertz CT molecular complexity index is 3450. The Morgan fingerprint density at radius 1 is 0.383 bits per heavy atom. The smallest absolute Gasteiger partial charge is 0.0547 e. The van der Waals surface area contributed by atoms with Crippen molar-refractivity contribution in [2.45, 2.75) is 19.3 Å². The summed E-state index contributed by atoms with van der Waals surface area (Å²) < 4.78 is 4.99. The highest BCUT2D eigenvalue weighted by atomic mass is 32.1. The number of rotatable bonds is 6. The van der Waals surface area contributed by atoms with Crippen LogP contribution in [0.25, 0.3) is 81.0 Å². The standard InChI is InChI=1S/C57H40N2S/c1-57(2)51-19-11-9-17-45(51)46-30-26-42(34-52(46)57)58(41-24-21-39(22-25-41)37-13-5-3-6-14-37)43-27-31-49-50-32-28-44(36-56(50)60-55(49)35-43)59-53-20-12-10-18-47(53)48-29-23-40(33-54(48)59)38-15-7-4-8-16-38/h3-36H,1-2H3. The highest BCUT2D eigenvalue weighted by Gasteiger charge is 2.35. The van der Waals surface area contributed by atoms with Crippen LogP contribution in [0.3, 0.4) is 0 Å². The largest absolute Gasteiger partial charge is 0.310 e. The summed E-state index contributed by atoms with van der Waals surface area (Å²) in [7, 11) is 0. The molecule has 0 atom stereocenters. The molecule has 0 aliphatic heterocycles. The number of nitrogens with zero attached hydrogens (tertiary/aromatic N) is 2. The van der Waals surface area contributed by atoms with E-state index in [9.17, 15) is 0 Å². The fourth-order valence-corrected chi connectivity index (χ4v) is 11.0. The van der Waals surface area contributed by atoms with Crippen LogP contribution < -0.4 is 4.90 Å². The Labute approximate surface area is 353 Å². The molecule has 0 saturated heterocycles. The fraction of sp³-hybridized carbons (Fsp3) is 0.0526. The van der Waals surface area contributed by atoms with Gasteiger partial charge in [0.25, 0.3) is 0 Å². The van der Waals surface area contributed by atoms with Crippen LogP contribution in [0, 0.1) is 0 Å². The summed E-state index contributed by atoms with van der Waals surface area (Å²) in [6.45, 7) is 4.72. The molecule has 1 aliphatic rings. The summed E-state index contributed by atoms with van der Waals surface area (Å²) in [5.41, 5.74) is 17.2. The molecule has 0 N–H and O–H groups in total. The van der Waals surface area contributed by atoms with Crippen LogP contribution >= 0.6 is 11.3 Å². The molecule has 284 valence electrons. The number of fused-ring (bicyclic) bond motifs is 9. The van der Waals surface area contributed by atoms with Gasteiger partial charge in [-0.15, -0.1) is 11.3 Å². The molecule has 2 nitrogen and oxygen atoms in total. The first kappa shape index (κ1) is 34.8. The second-order valence-corrected chi connectivity index (χ2v) is 17.6. The molecule has 1 aliphatic carbocycles. The van der Waals surface area contributed by atoms with E-state index < -0.39 is 0 Å². The van der Waals surface area contributed by atoms with E-state index in [1.807, 2.05) is 11.3 Å². The molecule has 0 spiro atoms. The third-order valence-electron chi connectivity index (χ3n) is 12.8. The van der Waals surface area contributed by atoms with Gasteiger partial charge in [-0.25, -0.2) is 0 Å². The summed E-state index contributed by atoms with van der Waals surface area (Å²) >= 11 is 1.88. The van der Waals surface area contributed by atoms with Gasteiger partial charge in [0.15, 0.2) is 0 Å². The van der Waals surface area contributed by atoms with Crippen LogP contribution in [0.2, 0.25) is 0 Å². The van der Waals surface area contributed by atoms with Crippen LogP contribution in [0.1, 0.15) is 25.0 Å². The van der Waals surface area contributed by atoms with Gasteiger partial charge in [0.1, 0.15) is 0 Å². The lowest BCUT2D eigenvalue weighted by molar-refractivity contribution is 0.660. The van der Waals surface area contributed by atoms with E-state index in [0.717, 1.165) is 17.1 Å². The first-order chi connectivity index (χ1) is 29.5. The van der Waals surface area contributed by atoms with Gasteiger partial charge in [-0.1, -0.05) is 159 Å². The Balaban J connectivity index is 0.997. The lowest BCUT2D eigenvalue weighted by Crippen LogP contribution is -2.16. The number of hydrogen-bond donors (Lipinski definition) is 0. The molecule has 12 rings (SSSR count). The Kier molecular flexibility index (Phi) is 7.79. The molecule has 0 bridgehead atoms. The normalized spacial score (nSPS) is 13.0. The van der Waals surface area contributed by atoms with Crippen LogP contribution in [0.5, 0.6) is 0 Å². The average Bonchev–Trinajstić information content (AvgIpc) is 3.91. The molecule has 9 aromatic carbocycles. The van der Waals surface area contributed by atoms with Crippen LogP contribution in [-0.2, 0) is 5.41 Å². The monoisotopic (exact) mass is 784 g/mol. The molecule has 0 saturated carbocycles. The molecule has 11 aromatic rings. The molecule has 2 heterocycles. The van der Waals surface area contributed by atoms with E-state index in [1.165, 1.54) is 92.2 Å². The summed E-state index contributed by atoms with van der Waals surface area (Å²) in [5.74, 6) is 0. The third-order valence-corrected chi connectivity index (χ3v) is 13.9. The zero-order chi connectivity index (χ0) is 40.0. The van der Waals surface area contributed by atoms with Gasteiger partial charge in [0.05, 0.1) is 11.0 Å². The zero-order valence-electron chi connectivity index (χ0n) is 33.4. The Hall–Kier alpha value is -7.20. The van der Waals surface area contributed by atoms with Crippen molar-refractivity contribution in [2.24, 2.45) is 0 Å². The summed E-state index contributed by atoms with van der Waals surface area (Å²) in [6.07, 6.45) is 0. The van der Waals surface area contributed by atoms with Gasteiger partial charge in [-0.3, -0.25) is 0 Å². The topological polar surface area (TPSA) is 8.17 Å². The van der Waals surface area contributed by atoms with E-state index in [4.69, 9.17) is 0 Å². The van der Waals surface area contributed by atoms with Crippen molar-refractivity contribution in [1.82, 2.24) is 4.57 Å². The number of aromatic nitrogens is 1. The van der Waals surface area contributed by atoms with E-state index in [-0.39, 0.29) is 5.41 Å². The molecular formula is C57H40N2S. The lowest BCUT2D eigenvalue weighted by atomic mass is 9.82. The minimum atomic E-state index is -0.0998. The summed E-state index contributed by atoms with van der Waals surface area (Å²) in [6, 6.07) is 76.1. The molecule has 0 radical (unpaired) electrons. The first-order valence-electron chi connectivity index (χ1n) is 20.7. The third kappa shape index (κ3) is 5.40. The molecule has 0 unspecified atom stereocenters. The molecule has 60 heavy (non-hydrogen) atoms. The van der Waals surface area contributed by atoms with E-state index in [0.29, 0.717) is 0 Å². The van der Waals surface area contributed by atoms with Crippen molar-refractivity contribution in [2.75, 3.05) is 4.90 Å². The number of benzene rings is 9. The van der Waals surface area contributed by atoms with Crippen LogP contribution in [0.15, 0.2) is 206 Å². The van der Waals surface area contributed by atoms with Crippen LogP contribution in [0.4, 0.5) is 17.1 Å². The maximum atomic E-state index is 2.45. The SMILES string of the molecule is CC1(C)c2ccccc2-c2ccc(N(c3ccc(-c4ccccc4)cc3)c3ccc4c(c3)sc3cc(-n5c6ccccc6c6ccc(-c7ccccc7)cc65)ccc34)cc21. The Morgan fingerprint density at radius 3 is 1.73 bits per heavy atom. The summed E-state index contributed by atoms with van der Waals surface area (Å²) in [4.78, 5) is 2.44. The maximum absolute atomic E-state index is 2.45. The quantitative estimate of drug-likeness (QED) is 0.163. The van der Waals surface area contributed by atoms with Gasteiger partial charge in [-0.05, 0) is 105 Å². The van der Waals surface area contributed by atoms with E-state index >= 15 is 0 Å². The van der Waals surface area contributed by atoms with Crippen molar-refractivity contribution in [3.05, 3.63) is 217 Å². The molecule has 0 amide bonds. The van der Waals surface area contributed by atoms with Crippen molar-refractivity contribution in [1.29, 1.82) is 0 Å². The number of thiophene rings is 1. The number of para-hydroxylation sites is 1. The highest BCUT2D eigenvalue weighted by molar-refractivity contribution is 7.25. The molecule has 2 aromatic heterocycles. The fourth-order valence-electron chi connectivity index (χ4n) is 9.80. The number of hydrogen-bond acceptors (Lipinski definition) is 2. The highest BCUT2D eigenvalue weighted by Crippen LogP contribution is 2.51. The van der Waals surface area contributed by atoms with Gasteiger partial charge < -0.3 is 9.47 Å². The molecular weight excluding hydrogens is 745 g/mol. The average molecular weight is 785 g/mol. The van der Waals surface area contributed by atoms with E-state index in [2.05, 4.69) is 230 Å². The second-order valence-electron chi connectivity index (χ2n) is 16.6. The second kappa shape index (κ2) is 13.4. The minimum Gasteiger partial charge on any atom is -0.310 e. The maximum Gasteiger partial charge on any atom is 0.0547 e. The minimum absolute atomic E-state index is 0.0998. The Morgan fingerprint density at radius 2 is 0.933 bits per heavy atom. The van der Waals surface area contributed by atoms with Crippen LogP contribution in [-0.4, -0.2) is 4.57 Å². The molecule has 3 heteroatoms. The van der Waals surface area contributed by atoms with Gasteiger partial charge in [-0.2, -0.15) is 0 Å². The van der Waals surface area contributed by atoms with Crippen molar-refractivity contribution in [3.63, 3.8) is 0 Å². The predicted molar refractivity (Wildman–Crippen MR) is 257 cm³/mol.